The average Bonchev–Trinajstić information content (AvgIpc) is 3.11. The van der Waals surface area contributed by atoms with Crippen molar-refractivity contribution in [3.63, 3.8) is 0 Å². The Morgan fingerprint density at radius 3 is 3.05 bits per heavy atom. The van der Waals surface area contributed by atoms with Gasteiger partial charge in [-0.3, -0.25) is 14.5 Å². The first kappa shape index (κ1) is 14.5. The molecule has 5 nitrogen and oxygen atoms in total. The number of hydrogen-bond acceptors (Lipinski definition) is 5. The highest BCUT2D eigenvalue weighted by atomic mass is 32.1. The number of likely N-dealkylation sites (tertiary alicyclic amines) is 1. The molecule has 1 saturated carbocycles. The van der Waals surface area contributed by atoms with Crippen molar-refractivity contribution < 1.29 is 14.3 Å². The number of carbonyl (C=O) groups excluding carboxylic acids is 2. The first-order valence-corrected chi connectivity index (χ1v) is 8.11. The van der Waals surface area contributed by atoms with E-state index in [1.165, 1.54) is 7.11 Å². The van der Waals surface area contributed by atoms with Crippen LogP contribution >= 0.6 is 11.3 Å². The van der Waals surface area contributed by atoms with Gasteiger partial charge in [0.05, 0.1) is 18.1 Å². The van der Waals surface area contributed by atoms with Crippen LogP contribution in [0.5, 0.6) is 0 Å². The number of rotatable bonds is 4. The lowest BCUT2D eigenvalue weighted by molar-refractivity contribution is -0.153. The van der Waals surface area contributed by atoms with E-state index < -0.39 is 0 Å². The average molecular weight is 308 g/mol. The van der Waals surface area contributed by atoms with E-state index in [1.54, 1.807) is 16.7 Å². The van der Waals surface area contributed by atoms with Crippen LogP contribution in [0.25, 0.3) is 0 Å². The van der Waals surface area contributed by atoms with Crippen LogP contribution in [0.15, 0.2) is 11.4 Å². The molecule has 0 spiro atoms. The van der Waals surface area contributed by atoms with Gasteiger partial charge in [0.2, 0.25) is 5.91 Å². The quantitative estimate of drug-likeness (QED) is 0.858. The Morgan fingerprint density at radius 2 is 2.38 bits per heavy atom. The van der Waals surface area contributed by atoms with Crippen LogP contribution in [0.1, 0.15) is 34.5 Å². The van der Waals surface area contributed by atoms with Gasteiger partial charge >= 0.3 is 5.97 Å². The smallest absolute Gasteiger partial charge is 0.313 e. The summed E-state index contributed by atoms with van der Waals surface area (Å²) in [4.78, 5) is 26.8. The lowest BCUT2D eigenvalue weighted by Gasteiger charge is -2.25. The fraction of sp³-hybridized carbons (Fsp3) is 0.600. The molecular weight excluding hydrogens is 288 g/mol. The van der Waals surface area contributed by atoms with Crippen LogP contribution in [0.2, 0.25) is 0 Å². The zero-order valence-corrected chi connectivity index (χ0v) is 12.9. The predicted octanol–water partition coefficient (Wildman–Crippen LogP) is 1.62. The number of thiophene rings is 1. The van der Waals surface area contributed by atoms with E-state index in [4.69, 9.17) is 10.5 Å². The van der Waals surface area contributed by atoms with Gasteiger partial charge in [-0.05, 0) is 24.8 Å². The summed E-state index contributed by atoms with van der Waals surface area (Å²) in [5.41, 5.74) is 5.54. The summed E-state index contributed by atoms with van der Waals surface area (Å²) in [5, 5.41) is 1.80. The third kappa shape index (κ3) is 2.46. The molecule has 2 unspecified atom stereocenters. The molecule has 6 heteroatoms. The number of nitrogens with zero attached hydrogens (tertiary/aromatic N) is 1. The van der Waals surface area contributed by atoms with E-state index in [-0.39, 0.29) is 17.3 Å². The van der Waals surface area contributed by atoms with E-state index in [0.29, 0.717) is 11.5 Å². The maximum absolute atomic E-state index is 12.2. The molecule has 1 aromatic heterocycles. The van der Waals surface area contributed by atoms with Crippen LogP contribution in [0.4, 0.5) is 0 Å². The summed E-state index contributed by atoms with van der Waals surface area (Å²) in [7, 11) is 1.48. The predicted molar refractivity (Wildman–Crippen MR) is 79.9 cm³/mol. The van der Waals surface area contributed by atoms with Gasteiger partial charge in [0.25, 0.3) is 0 Å². The molecule has 2 aliphatic rings. The summed E-state index contributed by atoms with van der Waals surface area (Å²) in [6, 6.07) is 1.85. The number of nitrogens with two attached hydrogens (primary N) is 1. The molecule has 3 rings (SSSR count). The third-order valence-electron chi connectivity index (χ3n) is 4.85. The van der Waals surface area contributed by atoms with Crippen LogP contribution in [0, 0.1) is 11.3 Å². The molecule has 2 atom stereocenters. The summed E-state index contributed by atoms with van der Waals surface area (Å²) in [6.07, 6.45) is 3.14. The minimum Gasteiger partial charge on any atom is -0.469 e. The Bertz CT molecular complexity index is 571. The van der Waals surface area contributed by atoms with Crippen molar-refractivity contribution in [2.45, 2.75) is 25.8 Å². The van der Waals surface area contributed by atoms with Gasteiger partial charge in [-0.25, -0.2) is 0 Å². The van der Waals surface area contributed by atoms with Crippen molar-refractivity contribution in [3.05, 3.63) is 21.9 Å². The maximum Gasteiger partial charge on any atom is 0.313 e. The normalized spacial score (nSPS) is 28.5. The number of hydrogen-bond donors (Lipinski definition) is 1. The first-order valence-electron chi connectivity index (χ1n) is 7.23. The van der Waals surface area contributed by atoms with Crippen molar-refractivity contribution in [3.8, 4) is 0 Å². The zero-order valence-electron chi connectivity index (χ0n) is 12.1. The first-order chi connectivity index (χ1) is 10.0. The molecule has 1 amide bonds. The van der Waals surface area contributed by atoms with Gasteiger partial charge in [-0.2, -0.15) is 0 Å². The van der Waals surface area contributed by atoms with Gasteiger partial charge in [-0.1, -0.05) is 6.42 Å². The minimum atomic E-state index is -0.387. The van der Waals surface area contributed by atoms with Crippen molar-refractivity contribution in [2.75, 3.05) is 20.2 Å². The minimum absolute atomic E-state index is 0.0588. The van der Waals surface area contributed by atoms with E-state index in [0.717, 1.165) is 43.8 Å². The number of methoxy groups -OCH3 is 1. The molecule has 0 bridgehead atoms. The number of fused-ring (bicyclic) bond motifs is 1. The van der Waals surface area contributed by atoms with Gasteiger partial charge in [-0.15, -0.1) is 11.3 Å². The summed E-state index contributed by atoms with van der Waals surface area (Å²) >= 11 is 1.55. The van der Waals surface area contributed by atoms with Crippen LogP contribution in [-0.4, -0.2) is 37.0 Å². The lowest BCUT2D eigenvalue weighted by atomic mass is 9.81. The largest absolute Gasteiger partial charge is 0.469 e. The standard InChI is InChI=1S/C15H20N2O3S/c1-20-14(19)15-4-2-3-11(15)6-17(9-15)7-12-5-10(8-21-12)13(16)18/h5,8,11H,2-4,6-7,9H2,1H3,(H2,16,18). The molecule has 1 aromatic rings. The highest BCUT2D eigenvalue weighted by molar-refractivity contribution is 7.10. The molecule has 1 saturated heterocycles. The Balaban J connectivity index is 1.71. The SMILES string of the molecule is COC(=O)C12CCCC1CN(Cc1cc(C(N)=O)cs1)C2. The Morgan fingerprint density at radius 1 is 1.57 bits per heavy atom. The van der Waals surface area contributed by atoms with Gasteiger partial charge in [0, 0.05) is 29.9 Å². The summed E-state index contributed by atoms with van der Waals surface area (Å²) in [5.74, 6) is -0.0427. The van der Waals surface area contributed by atoms with E-state index in [1.807, 2.05) is 6.07 Å². The molecule has 114 valence electrons. The number of carbonyl (C=O) groups is 2. The number of ether oxygens (including phenoxy) is 1. The fourth-order valence-electron chi connectivity index (χ4n) is 3.86. The van der Waals surface area contributed by atoms with Crippen molar-refractivity contribution in [1.29, 1.82) is 0 Å². The Labute approximate surface area is 128 Å². The summed E-state index contributed by atoms with van der Waals surface area (Å²) < 4.78 is 5.05. The van der Waals surface area contributed by atoms with Gasteiger partial charge < -0.3 is 10.5 Å². The molecule has 2 N–H and O–H groups in total. The Kier molecular flexibility index (Phi) is 3.75. The van der Waals surface area contributed by atoms with Crippen molar-refractivity contribution >= 4 is 23.2 Å². The van der Waals surface area contributed by atoms with Crippen molar-refractivity contribution in [2.24, 2.45) is 17.1 Å². The van der Waals surface area contributed by atoms with E-state index >= 15 is 0 Å². The molecule has 21 heavy (non-hydrogen) atoms. The molecule has 0 aromatic carbocycles. The second-order valence-electron chi connectivity index (χ2n) is 6.07. The van der Waals surface area contributed by atoms with Crippen LogP contribution in [0.3, 0.4) is 0 Å². The number of primary amides is 1. The molecule has 1 aliphatic heterocycles. The van der Waals surface area contributed by atoms with E-state index in [2.05, 4.69) is 4.90 Å². The number of amides is 1. The fourth-order valence-corrected chi connectivity index (χ4v) is 4.78. The highest BCUT2D eigenvalue weighted by Crippen LogP contribution is 2.49. The topological polar surface area (TPSA) is 72.6 Å². The highest BCUT2D eigenvalue weighted by Gasteiger charge is 2.55. The Hall–Kier alpha value is -1.40. The molecule has 2 fully saturated rings. The van der Waals surface area contributed by atoms with Crippen LogP contribution < -0.4 is 5.73 Å². The maximum atomic E-state index is 12.2. The second-order valence-corrected chi connectivity index (χ2v) is 7.07. The number of esters is 1. The zero-order chi connectivity index (χ0) is 15.0. The lowest BCUT2D eigenvalue weighted by Crippen LogP contribution is -2.36. The molecule has 0 radical (unpaired) electrons. The van der Waals surface area contributed by atoms with Gasteiger partial charge in [0.15, 0.2) is 0 Å². The molecule has 1 aliphatic carbocycles. The third-order valence-corrected chi connectivity index (χ3v) is 5.77. The molecule has 2 heterocycles. The molecular formula is C15H20N2O3S. The second kappa shape index (κ2) is 5.42. The van der Waals surface area contributed by atoms with Crippen LogP contribution in [-0.2, 0) is 16.1 Å². The van der Waals surface area contributed by atoms with E-state index in [9.17, 15) is 9.59 Å². The van der Waals surface area contributed by atoms with Gasteiger partial charge in [0.1, 0.15) is 0 Å². The van der Waals surface area contributed by atoms with Crippen molar-refractivity contribution in [1.82, 2.24) is 4.90 Å². The monoisotopic (exact) mass is 308 g/mol. The summed E-state index contributed by atoms with van der Waals surface area (Å²) in [6.45, 7) is 2.46.